The van der Waals surface area contributed by atoms with E-state index >= 15 is 0 Å². The second-order valence-corrected chi connectivity index (χ2v) is 7.41. The highest BCUT2D eigenvalue weighted by atomic mass is 35.5. The Morgan fingerprint density at radius 3 is 2.68 bits per heavy atom. The van der Waals surface area contributed by atoms with Crippen molar-refractivity contribution < 1.29 is 9.47 Å². The lowest BCUT2D eigenvalue weighted by molar-refractivity contribution is 0.181. The smallest absolute Gasteiger partial charge is 0.193 e. The molecule has 150 valence electrons. The first kappa shape index (κ1) is 20.5. The van der Waals surface area contributed by atoms with Gasteiger partial charge in [0.25, 0.3) is 0 Å². The first-order valence-corrected chi connectivity index (χ1v) is 9.99. The lowest BCUT2D eigenvalue weighted by Crippen LogP contribution is -2.41. The number of ether oxygens (including phenoxy) is 2. The molecule has 1 aliphatic rings. The highest BCUT2D eigenvalue weighted by molar-refractivity contribution is 6.32. The maximum absolute atomic E-state index is 6.19. The number of hydrogen-bond acceptors (Lipinski definition) is 3. The first-order valence-electron chi connectivity index (χ1n) is 9.61. The fraction of sp³-hybridized carbons (Fsp3) is 0.409. The Morgan fingerprint density at radius 1 is 1.21 bits per heavy atom. The average molecular weight is 402 g/mol. The normalized spacial score (nSPS) is 16.8. The van der Waals surface area contributed by atoms with E-state index in [4.69, 9.17) is 21.1 Å². The minimum atomic E-state index is 0.468. The molecule has 3 rings (SSSR count). The van der Waals surface area contributed by atoms with Gasteiger partial charge in [-0.3, -0.25) is 4.99 Å². The minimum absolute atomic E-state index is 0.468. The topological polar surface area (TPSA) is 46.1 Å². The Morgan fingerprint density at radius 2 is 1.96 bits per heavy atom. The molecule has 1 heterocycles. The number of para-hydroxylation sites is 1. The van der Waals surface area contributed by atoms with E-state index in [1.54, 1.807) is 0 Å². The van der Waals surface area contributed by atoms with E-state index in [0.717, 1.165) is 37.7 Å². The van der Waals surface area contributed by atoms with Gasteiger partial charge in [-0.15, -0.1) is 0 Å². The van der Waals surface area contributed by atoms with Crippen LogP contribution in [0.25, 0.3) is 0 Å². The molecule has 1 atom stereocenters. The van der Waals surface area contributed by atoms with Crippen molar-refractivity contribution in [2.24, 2.45) is 10.9 Å². The Kier molecular flexibility index (Phi) is 7.57. The van der Waals surface area contributed by atoms with Crippen LogP contribution >= 0.6 is 11.6 Å². The monoisotopic (exact) mass is 401 g/mol. The molecule has 1 unspecified atom stereocenters. The van der Waals surface area contributed by atoms with Gasteiger partial charge in [-0.1, -0.05) is 48.0 Å². The van der Waals surface area contributed by atoms with Crippen molar-refractivity contribution in [2.75, 3.05) is 33.9 Å². The Bertz CT molecular complexity index is 791. The number of rotatable bonds is 7. The summed E-state index contributed by atoms with van der Waals surface area (Å²) >= 11 is 6.19. The molecule has 0 bridgehead atoms. The third-order valence-corrected chi connectivity index (χ3v) is 5.22. The number of guanidine groups is 1. The van der Waals surface area contributed by atoms with Crippen LogP contribution in [-0.4, -0.2) is 44.7 Å². The number of nitrogens with zero attached hydrogens (tertiary/aromatic N) is 2. The zero-order valence-corrected chi connectivity index (χ0v) is 17.3. The predicted octanol–water partition coefficient (Wildman–Crippen LogP) is 3.96. The number of hydrogen-bond donors (Lipinski definition) is 1. The highest BCUT2D eigenvalue weighted by Crippen LogP contribution is 2.24. The summed E-state index contributed by atoms with van der Waals surface area (Å²) in [6.07, 6.45) is 1.11. The van der Waals surface area contributed by atoms with Crippen LogP contribution in [0.3, 0.4) is 0 Å². The summed E-state index contributed by atoms with van der Waals surface area (Å²) in [6, 6.07) is 15.8. The third-order valence-electron chi connectivity index (χ3n) is 4.90. The van der Waals surface area contributed by atoms with Crippen molar-refractivity contribution in [3.8, 4) is 5.75 Å². The summed E-state index contributed by atoms with van der Waals surface area (Å²) in [5, 5.41) is 4.08. The molecule has 1 aliphatic heterocycles. The number of aliphatic imine (C=N–C) groups is 1. The van der Waals surface area contributed by atoms with Gasteiger partial charge >= 0.3 is 0 Å². The Balaban J connectivity index is 1.58. The van der Waals surface area contributed by atoms with Crippen LogP contribution in [0.2, 0.25) is 5.02 Å². The number of halogens is 1. The lowest BCUT2D eigenvalue weighted by atomic mass is 10.1. The van der Waals surface area contributed by atoms with E-state index in [-0.39, 0.29) is 0 Å². The SMILES string of the molecule is CN=C(NCc1ccccc1COc1ccccc1Cl)N(C)CC1CCOC1. The third kappa shape index (κ3) is 5.63. The van der Waals surface area contributed by atoms with Crippen LogP contribution in [0.5, 0.6) is 5.75 Å². The zero-order chi connectivity index (χ0) is 19.8. The van der Waals surface area contributed by atoms with Crippen molar-refractivity contribution in [3.05, 3.63) is 64.7 Å². The predicted molar refractivity (Wildman–Crippen MR) is 114 cm³/mol. The van der Waals surface area contributed by atoms with Crippen LogP contribution in [-0.2, 0) is 17.9 Å². The Labute approximate surface area is 172 Å². The molecular formula is C22H28ClN3O2. The largest absolute Gasteiger partial charge is 0.487 e. The van der Waals surface area contributed by atoms with Crippen molar-refractivity contribution >= 4 is 17.6 Å². The fourth-order valence-electron chi connectivity index (χ4n) is 3.35. The van der Waals surface area contributed by atoms with Gasteiger partial charge in [-0.05, 0) is 29.7 Å². The van der Waals surface area contributed by atoms with E-state index in [0.29, 0.717) is 29.8 Å². The molecule has 2 aromatic carbocycles. The fourth-order valence-corrected chi connectivity index (χ4v) is 3.54. The van der Waals surface area contributed by atoms with Crippen molar-refractivity contribution in [2.45, 2.75) is 19.6 Å². The van der Waals surface area contributed by atoms with Gasteiger partial charge in [-0.25, -0.2) is 0 Å². The molecule has 0 saturated carbocycles. The van der Waals surface area contributed by atoms with E-state index < -0.39 is 0 Å². The van der Waals surface area contributed by atoms with Crippen molar-refractivity contribution in [3.63, 3.8) is 0 Å². The maximum Gasteiger partial charge on any atom is 0.193 e. The summed E-state index contributed by atoms with van der Waals surface area (Å²) in [5.74, 6) is 2.15. The number of benzene rings is 2. The van der Waals surface area contributed by atoms with Crippen LogP contribution in [0.4, 0.5) is 0 Å². The molecule has 1 saturated heterocycles. The Hall–Kier alpha value is -2.24. The zero-order valence-electron chi connectivity index (χ0n) is 16.5. The lowest BCUT2D eigenvalue weighted by Gasteiger charge is -2.25. The van der Waals surface area contributed by atoms with Gasteiger partial charge in [0, 0.05) is 39.7 Å². The van der Waals surface area contributed by atoms with Gasteiger partial charge in [-0.2, -0.15) is 0 Å². The van der Waals surface area contributed by atoms with Gasteiger partial charge in [0.2, 0.25) is 0 Å². The second kappa shape index (κ2) is 10.3. The highest BCUT2D eigenvalue weighted by Gasteiger charge is 2.19. The maximum atomic E-state index is 6.19. The molecule has 2 aromatic rings. The number of nitrogens with one attached hydrogen (secondary N) is 1. The quantitative estimate of drug-likeness (QED) is 0.563. The van der Waals surface area contributed by atoms with E-state index in [1.165, 1.54) is 5.56 Å². The summed E-state index contributed by atoms with van der Waals surface area (Å²) < 4.78 is 11.4. The van der Waals surface area contributed by atoms with Gasteiger partial charge < -0.3 is 19.7 Å². The second-order valence-electron chi connectivity index (χ2n) is 7.00. The molecule has 0 aromatic heterocycles. The minimum Gasteiger partial charge on any atom is -0.487 e. The van der Waals surface area contributed by atoms with E-state index in [2.05, 4.69) is 34.4 Å². The van der Waals surface area contributed by atoms with Gasteiger partial charge in [0.1, 0.15) is 12.4 Å². The molecular weight excluding hydrogens is 374 g/mol. The molecule has 0 aliphatic carbocycles. The van der Waals surface area contributed by atoms with E-state index in [9.17, 15) is 0 Å². The average Bonchev–Trinajstić information content (AvgIpc) is 3.21. The molecule has 5 nitrogen and oxygen atoms in total. The molecule has 0 radical (unpaired) electrons. The van der Waals surface area contributed by atoms with Gasteiger partial charge in [0.15, 0.2) is 5.96 Å². The summed E-state index contributed by atoms with van der Waals surface area (Å²) in [5.41, 5.74) is 2.30. The first-order chi connectivity index (χ1) is 13.7. The molecule has 0 spiro atoms. The molecule has 0 amide bonds. The molecule has 28 heavy (non-hydrogen) atoms. The summed E-state index contributed by atoms with van der Waals surface area (Å²) in [7, 11) is 3.89. The van der Waals surface area contributed by atoms with Crippen molar-refractivity contribution in [1.29, 1.82) is 0 Å². The van der Waals surface area contributed by atoms with Crippen LogP contribution in [0.15, 0.2) is 53.5 Å². The van der Waals surface area contributed by atoms with Crippen LogP contribution < -0.4 is 10.1 Å². The van der Waals surface area contributed by atoms with Crippen LogP contribution in [0, 0.1) is 5.92 Å². The van der Waals surface area contributed by atoms with E-state index in [1.807, 2.05) is 43.4 Å². The summed E-state index contributed by atoms with van der Waals surface area (Å²) in [6.45, 7) is 3.79. The molecule has 6 heteroatoms. The van der Waals surface area contributed by atoms with Crippen LogP contribution in [0.1, 0.15) is 17.5 Å². The van der Waals surface area contributed by atoms with Gasteiger partial charge in [0.05, 0.1) is 11.6 Å². The standard InChI is InChI=1S/C22H28ClN3O2/c1-24-22(26(2)14-17-11-12-27-15-17)25-13-18-7-3-4-8-19(18)16-28-21-10-6-5-9-20(21)23/h3-10,17H,11-16H2,1-2H3,(H,24,25). The molecule has 1 N–H and O–H groups in total. The van der Waals surface area contributed by atoms with Crippen molar-refractivity contribution in [1.82, 2.24) is 10.2 Å². The summed E-state index contributed by atoms with van der Waals surface area (Å²) in [4.78, 5) is 6.59. The molecule has 1 fully saturated rings.